The summed E-state index contributed by atoms with van der Waals surface area (Å²) in [7, 11) is -2.74. The predicted molar refractivity (Wildman–Crippen MR) is 52.3 cm³/mol. The molecule has 0 aliphatic rings. The summed E-state index contributed by atoms with van der Waals surface area (Å²) in [5.74, 6) is -7.03. The van der Waals surface area contributed by atoms with Crippen molar-refractivity contribution in [1.29, 1.82) is 0 Å². The number of aliphatic carboxylic acids is 1. The minimum Gasteiger partial charge on any atom is -0.481 e. The highest BCUT2D eigenvalue weighted by Crippen LogP contribution is 2.27. The molecule has 0 spiro atoms. The van der Waals surface area contributed by atoms with E-state index in [0.29, 0.717) is 0 Å². The molecule has 0 amide bonds. The summed E-state index contributed by atoms with van der Waals surface area (Å²) >= 11 is 0. The van der Waals surface area contributed by atoms with Crippen LogP contribution in [-0.2, 0) is 19.4 Å². The minimum absolute atomic E-state index is 0.0308. The van der Waals surface area contributed by atoms with Crippen LogP contribution in [0.4, 0.5) is 13.2 Å². The fourth-order valence-electron chi connectivity index (χ4n) is 1.07. The number of hydrogen-bond acceptors (Lipinski definition) is 4. The lowest BCUT2D eigenvalue weighted by molar-refractivity contribution is -0.189. The first-order valence-electron chi connectivity index (χ1n) is 4.59. The van der Waals surface area contributed by atoms with Crippen molar-refractivity contribution in [3.05, 3.63) is 0 Å². The van der Waals surface area contributed by atoms with Crippen LogP contribution >= 0.6 is 0 Å². The Balaban J connectivity index is 4.61. The van der Waals surface area contributed by atoms with Crippen LogP contribution in [-0.4, -0.2) is 50.9 Å². The molecule has 9 heteroatoms. The Morgan fingerprint density at radius 3 is 2.29 bits per heavy atom. The van der Waals surface area contributed by atoms with Crippen molar-refractivity contribution in [2.45, 2.75) is 12.6 Å². The molecule has 1 unspecified atom stereocenters. The molecule has 0 aliphatic carbocycles. The molecule has 17 heavy (non-hydrogen) atoms. The van der Waals surface area contributed by atoms with Crippen LogP contribution in [0, 0.1) is 5.92 Å². The Labute approximate surface area is 96.5 Å². The number of halogens is 3. The van der Waals surface area contributed by atoms with Crippen LogP contribution in [0.15, 0.2) is 0 Å². The number of rotatable bonds is 7. The summed E-state index contributed by atoms with van der Waals surface area (Å²) in [6.07, 6.45) is -5.04. The van der Waals surface area contributed by atoms with Gasteiger partial charge in [0, 0.05) is 13.7 Å². The lowest BCUT2D eigenvalue weighted by Crippen LogP contribution is -2.37. The molecule has 0 radical (unpaired) electrons. The highest BCUT2D eigenvalue weighted by Gasteiger charge is 2.47. The summed E-state index contributed by atoms with van der Waals surface area (Å²) in [6.45, 7) is 0.0863. The second kappa shape index (κ2) is 6.20. The fourth-order valence-corrected chi connectivity index (χ4v) is 2.63. The second-order valence-electron chi connectivity index (χ2n) is 3.39. The molecule has 0 bridgehead atoms. The first-order valence-corrected chi connectivity index (χ1v) is 6.41. The first kappa shape index (κ1) is 16.2. The number of carbonyl (C=O) groups is 1. The van der Waals surface area contributed by atoms with Gasteiger partial charge < -0.3 is 9.84 Å². The van der Waals surface area contributed by atoms with E-state index in [-0.39, 0.29) is 13.0 Å². The number of alkyl halides is 3. The Morgan fingerprint density at radius 2 is 1.94 bits per heavy atom. The van der Waals surface area contributed by atoms with E-state index >= 15 is 0 Å². The second-order valence-corrected chi connectivity index (χ2v) is 5.62. The predicted octanol–water partition coefficient (Wildman–Crippen LogP) is 0.701. The van der Waals surface area contributed by atoms with Crippen LogP contribution < -0.4 is 0 Å². The molecule has 0 saturated heterocycles. The zero-order valence-corrected chi connectivity index (χ0v) is 9.84. The topological polar surface area (TPSA) is 80.7 Å². The van der Waals surface area contributed by atoms with Gasteiger partial charge in [0.15, 0.2) is 15.8 Å². The van der Waals surface area contributed by atoms with Crippen molar-refractivity contribution >= 4 is 15.8 Å². The highest BCUT2D eigenvalue weighted by atomic mass is 32.2. The molecule has 0 aromatic rings. The third kappa shape index (κ3) is 6.47. The van der Waals surface area contributed by atoms with Gasteiger partial charge in [0.1, 0.15) is 0 Å². The monoisotopic (exact) mass is 278 g/mol. The maximum Gasteiger partial charge on any atom is 0.403 e. The molecule has 0 heterocycles. The molecule has 0 rings (SSSR count). The van der Waals surface area contributed by atoms with E-state index < -0.39 is 39.4 Å². The van der Waals surface area contributed by atoms with E-state index in [0.717, 1.165) is 0 Å². The number of hydrogen-bond donors (Lipinski definition) is 1. The van der Waals surface area contributed by atoms with Crippen LogP contribution in [0.2, 0.25) is 0 Å². The van der Waals surface area contributed by atoms with Crippen molar-refractivity contribution in [3.63, 3.8) is 0 Å². The number of sulfone groups is 1. The van der Waals surface area contributed by atoms with Gasteiger partial charge in [-0.15, -0.1) is 0 Å². The molecule has 5 nitrogen and oxygen atoms in total. The van der Waals surface area contributed by atoms with Crippen molar-refractivity contribution in [2.24, 2.45) is 5.92 Å². The largest absolute Gasteiger partial charge is 0.481 e. The van der Waals surface area contributed by atoms with E-state index in [2.05, 4.69) is 4.74 Å². The molecular weight excluding hydrogens is 265 g/mol. The average Bonchev–Trinajstić information content (AvgIpc) is 2.12. The summed E-state index contributed by atoms with van der Waals surface area (Å²) in [5.41, 5.74) is 0. The SMILES string of the molecule is COCCCS(=O)(=O)CC(C(=O)O)C(F)(F)F. The van der Waals surface area contributed by atoms with Crippen LogP contribution in [0.1, 0.15) is 6.42 Å². The zero-order valence-electron chi connectivity index (χ0n) is 9.03. The third-order valence-corrected chi connectivity index (χ3v) is 3.67. The van der Waals surface area contributed by atoms with Crippen molar-refractivity contribution in [3.8, 4) is 0 Å². The normalized spacial score (nSPS) is 14.6. The van der Waals surface area contributed by atoms with Crippen molar-refractivity contribution < 1.29 is 36.2 Å². The summed E-state index contributed by atoms with van der Waals surface area (Å²) in [5, 5.41) is 8.33. The van der Waals surface area contributed by atoms with E-state index in [9.17, 15) is 26.4 Å². The lowest BCUT2D eigenvalue weighted by Gasteiger charge is -2.15. The summed E-state index contributed by atoms with van der Waals surface area (Å²) < 4.78 is 63.7. The van der Waals surface area contributed by atoms with Gasteiger partial charge in [-0.3, -0.25) is 4.79 Å². The van der Waals surface area contributed by atoms with Gasteiger partial charge in [-0.05, 0) is 6.42 Å². The number of carboxylic acid groups (broad SMARTS) is 1. The quantitative estimate of drug-likeness (QED) is 0.693. The summed E-state index contributed by atoms with van der Waals surface area (Å²) in [6, 6.07) is 0. The zero-order chi connectivity index (χ0) is 13.7. The number of methoxy groups -OCH3 is 1. The Morgan fingerprint density at radius 1 is 1.41 bits per heavy atom. The molecule has 1 atom stereocenters. The Bertz CT molecular complexity index is 349. The third-order valence-electron chi connectivity index (χ3n) is 1.92. The first-order chi connectivity index (χ1) is 7.60. The van der Waals surface area contributed by atoms with E-state index in [4.69, 9.17) is 5.11 Å². The molecule has 1 N–H and O–H groups in total. The van der Waals surface area contributed by atoms with Gasteiger partial charge in [-0.2, -0.15) is 13.2 Å². The molecule has 0 aliphatic heterocycles. The van der Waals surface area contributed by atoms with Crippen molar-refractivity contribution in [1.82, 2.24) is 0 Å². The Hall–Kier alpha value is -0.830. The van der Waals surface area contributed by atoms with Gasteiger partial charge in [0.25, 0.3) is 0 Å². The fraction of sp³-hybridized carbons (Fsp3) is 0.875. The van der Waals surface area contributed by atoms with E-state index in [1.165, 1.54) is 7.11 Å². The highest BCUT2D eigenvalue weighted by molar-refractivity contribution is 7.91. The van der Waals surface area contributed by atoms with Crippen LogP contribution in [0.25, 0.3) is 0 Å². The smallest absolute Gasteiger partial charge is 0.403 e. The standard InChI is InChI=1S/C8H13F3O5S/c1-16-3-2-4-17(14,15)5-6(7(12)13)8(9,10)11/h6H,2-5H2,1H3,(H,12,13). The minimum atomic E-state index is -5.07. The summed E-state index contributed by atoms with van der Waals surface area (Å²) in [4.78, 5) is 10.3. The molecule has 0 saturated carbocycles. The van der Waals surface area contributed by atoms with Gasteiger partial charge in [0.2, 0.25) is 0 Å². The molecular formula is C8H13F3O5S. The van der Waals surface area contributed by atoms with Gasteiger partial charge in [0.05, 0.1) is 11.5 Å². The van der Waals surface area contributed by atoms with Gasteiger partial charge in [-0.1, -0.05) is 0 Å². The molecule has 0 aromatic heterocycles. The number of carboxylic acids is 1. The molecule has 0 fully saturated rings. The number of ether oxygens (including phenoxy) is 1. The van der Waals surface area contributed by atoms with E-state index in [1.807, 2.05) is 0 Å². The molecule has 102 valence electrons. The maximum absolute atomic E-state index is 12.2. The maximum atomic E-state index is 12.2. The average molecular weight is 278 g/mol. The lowest BCUT2D eigenvalue weighted by atomic mass is 10.2. The van der Waals surface area contributed by atoms with Crippen LogP contribution in [0.3, 0.4) is 0 Å². The van der Waals surface area contributed by atoms with Crippen molar-refractivity contribution in [2.75, 3.05) is 25.2 Å². The van der Waals surface area contributed by atoms with Crippen LogP contribution in [0.5, 0.6) is 0 Å². The molecule has 0 aromatic carbocycles. The van der Waals surface area contributed by atoms with Gasteiger partial charge >= 0.3 is 12.1 Å². The Kier molecular flexibility index (Phi) is 5.89. The van der Waals surface area contributed by atoms with E-state index in [1.54, 1.807) is 0 Å². The van der Waals surface area contributed by atoms with Gasteiger partial charge in [-0.25, -0.2) is 8.42 Å².